The molecule has 0 heterocycles. The highest BCUT2D eigenvalue weighted by Crippen LogP contribution is 2.31. The van der Waals surface area contributed by atoms with Gasteiger partial charge in [-0.1, -0.05) is 40.7 Å². The lowest BCUT2D eigenvalue weighted by Crippen LogP contribution is -2.53. The molecule has 7 nitrogen and oxygen atoms in total. The van der Waals surface area contributed by atoms with Crippen LogP contribution in [0.2, 0.25) is 0 Å². The Morgan fingerprint density at radius 1 is 1.07 bits per heavy atom. The molecule has 1 aromatic carbocycles. The fourth-order valence-electron chi connectivity index (χ4n) is 2.67. The van der Waals surface area contributed by atoms with Crippen molar-refractivity contribution >= 4 is 15.9 Å². The van der Waals surface area contributed by atoms with Gasteiger partial charge in [0.1, 0.15) is 6.04 Å². The maximum Gasteiger partial charge on any atom is 0.239 e. The Morgan fingerprint density at radius 3 is 2.10 bits per heavy atom. The zero-order chi connectivity index (χ0) is 22.2. The van der Waals surface area contributed by atoms with Gasteiger partial charge in [0.15, 0.2) is 11.5 Å². The summed E-state index contributed by atoms with van der Waals surface area (Å²) < 4.78 is 37.4. The van der Waals surface area contributed by atoms with E-state index in [-0.39, 0.29) is 11.9 Å². The van der Waals surface area contributed by atoms with Crippen LogP contribution < -0.4 is 19.5 Å². The second kappa shape index (κ2) is 10.8. The van der Waals surface area contributed by atoms with Crippen LogP contribution in [0.15, 0.2) is 18.2 Å². The Hall–Kier alpha value is -1.80. The summed E-state index contributed by atoms with van der Waals surface area (Å²) in [4.78, 5) is 12.8. The number of rotatable bonds is 11. The van der Waals surface area contributed by atoms with Gasteiger partial charge in [-0.05, 0) is 42.9 Å². The van der Waals surface area contributed by atoms with E-state index < -0.39 is 21.5 Å². The molecule has 0 bridgehead atoms. The molecule has 2 N–H and O–H groups in total. The highest BCUT2D eigenvalue weighted by molar-refractivity contribution is 7.88. The zero-order valence-corrected chi connectivity index (χ0v) is 19.5. The van der Waals surface area contributed by atoms with Crippen LogP contribution in [0.3, 0.4) is 0 Å². The molecule has 0 spiro atoms. The molecule has 0 saturated carbocycles. The first kappa shape index (κ1) is 25.2. The largest absolute Gasteiger partial charge is 0.490 e. The lowest BCUT2D eigenvalue weighted by molar-refractivity contribution is -0.125. The lowest BCUT2D eigenvalue weighted by atomic mass is 9.86. The minimum atomic E-state index is -3.53. The van der Waals surface area contributed by atoms with E-state index in [2.05, 4.69) is 10.0 Å². The molecular weight excluding hydrogens is 392 g/mol. The van der Waals surface area contributed by atoms with Crippen molar-refractivity contribution in [2.75, 3.05) is 19.5 Å². The third-order valence-electron chi connectivity index (χ3n) is 4.21. The minimum absolute atomic E-state index is 0.335. The number of hydrogen-bond acceptors (Lipinski definition) is 5. The molecule has 29 heavy (non-hydrogen) atoms. The van der Waals surface area contributed by atoms with Gasteiger partial charge >= 0.3 is 0 Å². The van der Waals surface area contributed by atoms with E-state index in [0.29, 0.717) is 24.7 Å². The highest BCUT2D eigenvalue weighted by Gasteiger charge is 2.34. The first-order chi connectivity index (χ1) is 13.4. The molecular formula is C21H36N2O5S. The molecule has 0 aliphatic heterocycles. The Kier molecular flexibility index (Phi) is 9.42. The smallest absolute Gasteiger partial charge is 0.239 e. The molecule has 0 aliphatic carbocycles. The van der Waals surface area contributed by atoms with E-state index in [9.17, 15) is 13.2 Å². The maximum absolute atomic E-state index is 12.8. The van der Waals surface area contributed by atoms with E-state index in [1.807, 2.05) is 59.7 Å². The number of benzene rings is 1. The fraction of sp³-hybridized carbons (Fsp3) is 0.667. The number of carbonyl (C=O) groups excluding carboxylic acids is 1. The molecule has 0 saturated heterocycles. The summed E-state index contributed by atoms with van der Waals surface area (Å²) in [5, 5.41) is 2.91. The van der Waals surface area contributed by atoms with Crippen molar-refractivity contribution in [2.45, 2.75) is 66.5 Å². The summed E-state index contributed by atoms with van der Waals surface area (Å²) in [6.07, 6.45) is 2.81. The van der Waals surface area contributed by atoms with Gasteiger partial charge in [-0.2, -0.15) is 0 Å². The summed E-state index contributed by atoms with van der Waals surface area (Å²) in [6.45, 7) is 12.5. The Labute approximate surface area is 175 Å². The number of amides is 1. The molecule has 1 rings (SSSR count). The van der Waals surface area contributed by atoms with E-state index in [1.165, 1.54) is 0 Å². The number of carbonyl (C=O) groups is 1. The molecule has 0 fully saturated rings. The third-order valence-corrected chi connectivity index (χ3v) is 4.87. The van der Waals surface area contributed by atoms with Crippen molar-refractivity contribution in [1.82, 2.24) is 10.0 Å². The normalized spacial score (nSPS) is 14.2. The SMILES string of the molecule is CCCOc1ccc([C@@H](C)NC(=O)[C@H](NS(C)(=O)=O)C(C)(C)C)cc1OCCC. The molecule has 1 aromatic rings. The van der Waals surface area contributed by atoms with Gasteiger partial charge in [0.05, 0.1) is 25.5 Å². The predicted molar refractivity (Wildman–Crippen MR) is 116 cm³/mol. The minimum Gasteiger partial charge on any atom is -0.490 e. The lowest BCUT2D eigenvalue weighted by Gasteiger charge is -2.31. The van der Waals surface area contributed by atoms with Crippen LogP contribution in [-0.2, 0) is 14.8 Å². The van der Waals surface area contributed by atoms with E-state index in [0.717, 1.165) is 24.7 Å². The Morgan fingerprint density at radius 2 is 1.62 bits per heavy atom. The second-order valence-electron chi connectivity index (χ2n) is 8.32. The average molecular weight is 429 g/mol. The first-order valence-corrected chi connectivity index (χ1v) is 11.9. The first-order valence-electron chi connectivity index (χ1n) is 10.1. The van der Waals surface area contributed by atoms with Crippen LogP contribution in [0.4, 0.5) is 0 Å². The molecule has 1 amide bonds. The van der Waals surface area contributed by atoms with Crippen LogP contribution in [0.1, 0.15) is 66.0 Å². The van der Waals surface area contributed by atoms with Crippen molar-refractivity contribution in [3.8, 4) is 11.5 Å². The van der Waals surface area contributed by atoms with Crippen LogP contribution in [0, 0.1) is 5.41 Å². The molecule has 0 radical (unpaired) electrons. The summed E-state index contributed by atoms with van der Waals surface area (Å²) in [5.74, 6) is 0.937. The second-order valence-corrected chi connectivity index (χ2v) is 10.1. The average Bonchev–Trinajstić information content (AvgIpc) is 2.61. The number of sulfonamides is 1. The molecule has 0 aromatic heterocycles. The van der Waals surface area contributed by atoms with Gasteiger partial charge in [0.25, 0.3) is 0 Å². The molecule has 0 unspecified atom stereocenters. The van der Waals surface area contributed by atoms with Crippen LogP contribution in [-0.4, -0.2) is 39.8 Å². The molecule has 8 heteroatoms. The molecule has 166 valence electrons. The van der Waals surface area contributed by atoms with Gasteiger partial charge in [-0.15, -0.1) is 0 Å². The Balaban J connectivity index is 3.03. The number of hydrogen-bond donors (Lipinski definition) is 2. The van der Waals surface area contributed by atoms with E-state index >= 15 is 0 Å². The molecule has 0 aliphatic rings. The van der Waals surface area contributed by atoms with Crippen molar-refractivity contribution in [3.63, 3.8) is 0 Å². The molecule has 2 atom stereocenters. The zero-order valence-electron chi connectivity index (χ0n) is 18.7. The quantitative estimate of drug-likeness (QED) is 0.563. The summed E-state index contributed by atoms with van der Waals surface area (Å²) in [7, 11) is -3.53. The monoisotopic (exact) mass is 428 g/mol. The predicted octanol–water partition coefficient (Wildman–Crippen LogP) is 3.41. The van der Waals surface area contributed by atoms with E-state index in [4.69, 9.17) is 9.47 Å². The van der Waals surface area contributed by atoms with Gasteiger partial charge in [-0.3, -0.25) is 4.79 Å². The van der Waals surface area contributed by atoms with Gasteiger partial charge in [0, 0.05) is 0 Å². The highest BCUT2D eigenvalue weighted by atomic mass is 32.2. The van der Waals surface area contributed by atoms with Crippen LogP contribution >= 0.6 is 0 Å². The number of ether oxygens (including phenoxy) is 2. The summed E-state index contributed by atoms with van der Waals surface area (Å²) in [6, 6.07) is 4.36. The summed E-state index contributed by atoms with van der Waals surface area (Å²) in [5.41, 5.74) is 0.264. The standard InChI is InChI=1S/C21H36N2O5S/c1-8-12-27-17-11-10-16(14-18(17)28-13-9-2)15(3)22-20(24)19(21(4,5)6)23-29(7,25)26/h10-11,14-15,19,23H,8-9,12-13H2,1-7H3,(H,22,24)/t15-,19+/m1/s1. The topological polar surface area (TPSA) is 93.7 Å². The van der Waals surface area contributed by atoms with Crippen molar-refractivity contribution in [2.24, 2.45) is 5.41 Å². The van der Waals surface area contributed by atoms with Crippen LogP contribution in [0.5, 0.6) is 11.5 Å². The Bertz CT molecular complexity index is 772. The fourth-order valence-corrected chi connectivity index (χ4v) is 3.56. The van der Waals surface area contributed by atoms with Crippen molar-refractivity contribution in [3.05, 3.63) is 23.8 Å². The third kappa shape index (κ3) is 8.62. The maximum atomic E-state index is 12.8. The van der Waals surface area contributed by atoms with Crippen LogP contribution in [0.25, 0.3) is 0 Å². The van der Waals surface area contributed by atoms with Crippen molar-refractivity contribution in [1.29, 1.82) is 0 Å². The van der Waals surface area contributed by atoms with Gasteiger partial charge in [0.2, 0.25) is 15.9 Å². The van der Waals surface area contributed by atoms with Crippen molar-refractivity contribution < 1.29 is 22.7 Å². The summed E-state index contributed by atoms with van der Waals surface area (Å²) >= 11 is 0. The van der Waals surface area contributed by atoms with Gasteiger partial charge in [-0.25, -0.2) is 13.1 Å². The number of nitrogens with one attached hydrogen (secondary N) is 2. The van der Waals surface area contributed by atoms with Gasteiger partial charge < -0.3 is 14.8 Å². The van der Waals surface area contributed by atoms with E-state index in [1.54, 1.807) is 0 Å².